The third-order valence-electron chi connectivity index (χ3n) is 5.32. The fraction of sp³-hybridized carbons (Fsp3) is 0.280. The standard InChI is InChI=1S/C25H26N2O3S/c1-2-6-18-10-12-19(13-11-18)25(22-9-5-16-31-22)26-23(28)17-27-20-7-3-4-8-21(20)30-15-14-24(27)29/h3-5,7-13,16,25H,2,6,14-15,17H2,1H3,(H,26,28)/t25-/m0/s1. The van der Waals surface area contributed by atoms with Crippen molar-refractivity contribution >= 4 is 28.8 Å². The van der Waals surface area contributed by atoms with Crippen molar-refractivity contribution in [2.75, 3.05) is 18.1 Å². The average Bonchev–Trinajstić information content (AvgIpc) is 3.27. The van der Waals surface area contributed by atoms with Gasteiger partial charge in [0.1, 0.15) is 12.3 Å². The first-order valence-electron chi connectivity index (χ1n) is 10.6. The first kappa shape index (κ1) is 21.1. The van der Waals surface area contributed by atoms with Crippen LogP contribution in [0.15, 0.2) is 66.0 Å². The van der Waals surface area contributed by atoms with Gasteiger partial charge >= 0.3 is 0 Å². The number of hydrogen-bond acceptors (Lipinski definition) is 4. The lowest BCUT2D eigenvalue weighted by Gasteiger charge is -2.24. The predicted octanol–water partition coefficient (Wildman–Crippen LogP) is 4.72. The lowest BCUT2D eigenvalue weighted by Crippen LogP contribution is -2.41. The number of rotatable bonds is 7. The molecule has 0 saturated carbocycles. The number of thiophene rings is 1. The molecule has 2 heterocycles. The molecule has 4 rings (SSSR count). The number of nitrogens with zero attached hydrogens (tertiary/aromatic N) is 1. The summed E-state index contributed by atoms with van der Waals surface area (Å²) in [5, 5.41) is 5.15. The highest BCUT2D eigenvalue weighted by Gasteiger charge is 2.26. The molecule has 160 valence electrons. The highest BCUT2D eigenvalue weighted by molar-refractivity contribution is 7.10. The summed E-state index contributed by atoms with van der Waals surface area (Å²) in [6, 6.07) is 19.5. The van der Waals surface area contributed by atoms with E-state index in [2.05, 4.69) is 36.5 Å². The molecule has 0 unspecified atom stereocenters. The largest absolute Gasteiger partial charge is 0.491 e. The van der Waals surface area contributed by atoms with Gasteiger partial charge in [0.2, 0.25) is 11.8 Å². The Balaban J connectivity index is 1.55. The fourth-order valence-electron chi connectivity index (χ4n) is 3.78. The molecule has 0 fully saturated rings. The Morgan fingerprint density at radius 1 is 1.13 bits per heavy atom. The number of aryl methyl sites for hydroxylation is 1. The molecule has 3 aromatic rings. The van der Waals surface area contributed by atoms with Gasteiger partial charge in [0.15, 0.2) is 0 Å². The summed E-state index contributed by atoms with van der Waals surface area (Å²) in [6.07, 6.45) is 2.38. The molecule has 1 aliphatic rings. The third kappa shape index (κ3) is 4.97. The molecule has 0 spiro atoms. The molecular weight excluding hydrogens is 408 g/mol. The van der Waals surface area contributed by atoms with Crippen molar-refractivity contribution in [1.82, 2.24) is 5.32 Å². The molecule has 0 aliphatic carbocycles. The van der Waals surface area contributed by atoms with Gasteiger partial charge in [0.05, 0.1) is 24.8 Å². The van der Waals surface area contributed by atoms with Crippen molar-refractivity contribution in [3.05, 3.63) is 82.0 Å². The van der Waals surface area contributed by atoms with Gasteiger partial charge in [-0.05, 0) is 41.1 Å². The van der Waals surface area contributed by atoms with Crippen molar-refractivity contribution in [1.29, 1.82) is 0 Å². The van der Waals surface area contributed by atoms with Crippen molar-refractivity contribution in [2.45, 2.75) is 32.2 Å². The number of anilines is 1. The average molecular weight is 435 g/mol. The van der Waals surface area contributed by atoms with E-state index in [1.54, 1.807) is 11.3 Å². The van der Waals surface area contributed by atoms with Crippen LogP contribution >= 0.6 is 11.3 Å². The van der Waals surface area contributed by atoms with Gasteiger partial charge in [-0.25, -0.2) is 0 Å². The van der Waals surface area contributed by atoms with E-state index in [1.807, 2.05) is 41.8 Å². The van der Waals surface area contributed by atoms with Gasteiger partial charge < -0.3 is 10.1 Å². The normalized spacial score (nSPS) is 14.4. The molecule has 1 N–H and O–H groups in total. The van der Waals surface area contributed by atoms with Gasteiger partial charge in [-0.3, -0.25) is 14.5 Å². The number of para-hydroxylation sites is 2. The van der Waals surface area contributed by atoms with E-state index < -0.39 is 0 Å². The first-order valence-corrected chi connectivity index (χ1v) is 11.5. The molecule has 1 atom stereocenters. The minimum Gasteiger partial charge on any atom is -0.491 e. The van der Waals surface area contributed by atoms with Crippen LogP contribution in [-0.2, 0) is 16.0 Å². The Kier molecular flexibility index (Phi) is 6.67. The van der Waals surface area contributed by atoms with E-state index in [1.165, 1.54) is 10.5 Å². The van der Waals surface area contributed by atoms with Gasteiger partial charge in [0, 0.05) is 4.88 Å². The summed E-state index contributed by atoms with van der Waals surface area (Å²) < 4.78 is 5.68. The molecule has 1 aliphatic heterocycles. The van der Waals surface area contributed by atoms with E-state index in [9.17, 15) is 9.59 Å². The van der Waals surface area contributed by atoms with Gasteiger partial charge in [0.25, 0.3) is 0 Å². The molecule has 6 heteroatoms. The molecule has 1 aromatic heterocycles. The Bertz CT molecular complexity index is 1030. The number of benzene rings is 2. The molecular formula is C25H26N2O3S. The van der Waals surface area contributed by atoms with E-state index in [0.717, 1.165) is 23.3 Å². The summed E-state index contributed by atoms with van der Waals surface area (Å²) in [7, 11) is 0. The Morgan fingerprint density at radius 3 is 2.68 bits per heavy atom. The van der Waals surface area contributed by atoms with Crippen LogP contribution in [0.1, 0.15) is 41.8 Å². The second kappa shape index (κ2) is 9.79. The van der Waals surface area contributed by atoms with Crippen LogP contribution in [0, 0.1) is 0 Å². The maximum atomic E-state index is 13.1. The molecule has 0 bridgehead atoms. The van der Waals surface area contributed by atoms with Gasteiger partial charge in [-0.1, -0.05) is 55.8 Å². The van der Waals surface area contributed by atoms with Crippen molar-refractivity contribution in [3.8, 4) is 5.75 Å². The summed E-state index contributed by atoms with van der Waals surface area (Å²) in [4.78, 5) is 28.3. The molecule has 0 radical (unpaired) electrons. The van der Waals surface area contributed by atoms with Crippen molar-refractivity contribution < 1.29 is 14.3 Å². The third-order valence-corrected chi connectivity index (χ3v) is 6.25. The molecule has 31 heavy (non-hydrogen) atoms. The number of amides is 2. The number of ether oxygens (including phenoxy) is 1. The number of carbonyl (C=O) groups is 2. The molecule has 2 amide bonds. The lowest BCUT2D eigenvalue weighted by molar-refractivity contribution is -0.124. The zero-order valence-corrected chi connectivity index (χ0v) is 18.4. The number of nitrogens with one attached hydrogen (secondary N) is 1. The topological polar surface area (TPSA) is 58.6 Å². The predicted molar refractivity (Wildman–Crippen MR) is 124 cm³/mol. The van der Waals surface area contributed by atoms with Crippen molar-refractivity contribution in [2.24, 2.45) is 0 Å². The summed E-state index contributed by atoms with van der Waals surface area (Å²) in [6.45, 7) is 2.43. The van der Waals surface area contributed by atoms with E-state index >= 15 is 0 Å². The molecule has 5 nitrogen and oxygen atoms in total. The van der Waals surface area contributed by atoms with Gasteiger partial charge in [-0.2, -0.15) is 0 Å². The monoisotopic (exact) mass is 434 g/mol. The zero-order valence-electron chi connectivity index (χ0n) is 17.5. The van der Waals surface area contributed by atoms with Crippen LogP contribution < -0.4 is 15.0 Å². The maximum absolute atomic E-state index is 13.1. The Morgan fingerprint density at radius 2 is 1.94 bits per heavy atom. The number of carbonyl (C=O) groups excluding carboxylic acids is 2. The van der Waals surface area contributed by atoms with Crippen LogP contribution in [-0.4, -0.2) is 25.0 Å². The van der Waals surface area contributed by atoms with Crippen LogP contribution in [0.4, 0.5) is 5.69 Å². The maximum Gasteiger partial charge on any atom is 0.240 e. The fourth-order valence-corrected chi connectivity index (χ4v) is 4.59. The SMILES string of the molecule is CCCc1ccc([C@H](NC(=O)CN2C(=O)CCOc3ccccc32)c2cccs2)cc1. The summed E-state index contributed by atoms with van der Waals surface area (Å²) in [5.41, 5.74) is 2.95. The second-order valence-electron chi connectivity index (χ2n) is 7.55. The summed E-state index contributed by atoms with van der Waals surface area (Å²) >= 11 is 1.61. The quantitative estimate of drug-likeness (QED) is 0.585. The van der Waals surface area contributed by atoms with Crippen LogP contribution in [0.25, 0.3) is 0 Å². The summed E-state index contributed by atoms with van der Waals surface area (Å²) in [5.74, 6) is 0.306. The molecule has 2 aromatic carbocycles. The van der Waals surface area contributed by atoms with Crippen LogP contribution in [0.2, 0.25) is 0 Å². The number of hydrogen-bond donors (Lipinski definition) is 1. The van der Waals surface area contributed by atoms with Gasteiger partial charge in [-0.15, -0.1) is 11.3 Å². The van der Waals surface area contributed by atoms with E-state index in [0.29, 0.717) is 18.0 Å². The minimum absolute atomic E-state index is 0.0466. The highest BCUT2D eigenvalue weighted by atomic mass is 32.1. The second-order valence-corrected chi connectivity index (χ2v) is 8.53. The van der Waals surface area contributed by atoms with Crippen LogP contribution in [0.5, 0.6) is 5.75 Å². The van der Waals surface area contributed by atoms with E-state index in [-0.39, 0.29) is 30.8 Å². The lowest BCUT2D eigenvalue weighted by atomic mass is 10.0. The van der Waals surface area contributed by atoms with E-state index in [4.69, 9.17) is 4.74 Å². The van der Waals surface area contributed by atoms with Crippen molar-refractivity contribution in [3.63, 3.8) is 0 Å². The molecule has 0 saturated heterocycles. The highest BCUT2D eigenvalue weighted by Crippen LogP contribution is 2.31. The Labute approximate surface area is 186 Å². The Hall–Kier alpha value is -3.12. The first-order chi connectivity index (χ1) is 15.2. The van der Waals surface area contributed by atoms with Crippen LogP contribution in [0.3, 0.4) is 0 Å². The minimum atomic E-state index is -0.253. The smallest absolute Gasteiger partial charge is 0.240 e. The zero-order chi connectivity index (χ0) is 21.6. The number of fused-ring (bicyclic) bond motifs is 1.